The summed E-state index contributed by atoms with van der Waals surface area (Å²) < 4.78 is 5.81. The van der Waals surface area contributed by atoms with Gasteiger partial charge >= 0.3 is 0 Å². The van der Waals surface area contributed by atoms with Gasteiger partial charge in [-0.25, -0.2) is 0 Å². The number of carbonyl (C=O) groups is 2. The Bertz CT molecular complexity index is 996. The van der Waals surface area contributed by atoms with E-state index in [0.717, 1.165) is 16.9 Å². The molecular formula is C24H22N2O3. The molecule has 3 aromatic carbocycles. The molecular weight excluding hydrogens is 364 g/mol. The van der Waals surface area contributed by atoms with Crippen LogP contribution in [0.1, 0.15) is 18.1 Å². The fourth-order valence-corrected chi connectivity index (χ4v) is 2.64. The van der Waals surface area contributed by atoms with E-state index in [2.05, 4.69) is 10.6 Å². The first-order valence-electron chi connectivity index (χ1n) is 9.22. The van der Waals surface area contributed by atoms with E-state index in [1.165, 1.54) is 13.0 Å². The third-order valence-electron chi connectivity index (χ3n) is 4.01. The van der Waals surface area contributed by atoms with Crippen LogP contribution in [0.15, 0.2) is 84.9 Å². The molecule has 29 heavy (non-hydrogen) atoms. The highest BCUT2D eigenvalue weighted by Crippen LogP contribution is 2.17. The maximum atomic E-state index is 12.1. The van der Waals surface area contributed by atoms with Gasteiger partial charge in [0.15, 0.2) is 0 Å². The number of anilines is 2. The van der Waals surface area contributed by atoms with E-state index in [1.54, 1.807) is 30.3 Å². The Labute approximate surface area is 170 Å². The molecule has 0 bridgehead atoms. The van der Waals surface area contributed by atoms with Crippen molar-refractivity contribution in [1.29, 1.82) is 0 Å². The lowest BCUT2D eigenvalue weighted by molar-refractivity contribution is -0.114. The van der Waals surface area contributed by atoms with Crippen LogP contribution in [-0.2, 0) is 16.2 Å². The standard InChI is InChI=1S/C24H22N2O3/c1-18(27)25-21-11-13-22(14-12-21)26-24(28)15-10-19-8-5-9-23(16-19)29-17-20-6-3-2-4-7-20/h2-16H,17H2,1H3,(H,25,27)(H,26,28)/b15-10+. The summed E-state index contributed by atoms with van der Waals surface area (Å²) in [7, 11) is 0. The van der Waals surface area contributed by atoms with E-state index in [4.69, 9.17) is 4.74 Å². The zero-order valence-electron chi connectivity index (χ0n) is 16.1. The van der Waals surface area contributed by atoms with Gasteiger partial charge in [0, 0.05) is 24.4 Å². The second kappa shape index (κ2) is 9.90. The second-order valence-electron chi connectivity index (χ2n) is 6.43. The highest BCUT2D eigenvalue weighted by Gasteiger charge is 2.01. The maximum Gasteiger partial charge on any atom is 0.248 e. The van der Waals surface area contributed by atoms with E-state index >= 15 is 0 Å². The number of rotatable bonds is 7. The molecule has 0 heterocycles. The summed E-state index contributed by atoms with van der Waals surface area (Å²) in [6.07, 6.45) is 3.20. The van der Waals surface area contributed by atoms with Crippen LogP contribution in [0.3, 0.4) is 0 Å². The number of carbonyl (C=O) groups excluding carboxylic acids is 2. The van der Waals surface area contributed by atoms with Crippen LogP contribution < -0.4 is 15.4 Å². The molecule has 3 rings (SSSR count). The maximum absolute atomic E-state index is 12.1. The van der Waals surface area contributed by atoms with Crippen LogP contribution in [0.2, 0.25) is 0 Å². The van der Waals surface area contributed by atoms with Gasteiger partial charge in [0.25, 0.3) is 0 Å². The molecule has 2 N–H and O–H groups in total. The van der Waals surface area contributed by atoms with Gasteiger partial charge in [-0.15, -0.1) is 0 Å². The molecule has 0 fully saturated rings. The fourth-order valence-electron chi connectivity index (χ4n) is 2.64. The first kappa shape index (κ1) is 19.9. The molecule has 0 aliphatic heterocycles. The first-order valence-corrected chi connectivity index (χ1v) is 9.22. The van der Waals surface area contributed by atoms with Gasteiger partial charge in [-0.2, -0.15) is 0 Å². The number of benzene rings is 3. The lowest BCUT2D eigenvalue weighted by Crippen LogP contribution is -2.08. The largest absolute Gasteiger partial charge is 0.489 e. The monoisotopic (exact) mass is 386 g/mol. The quantitative estimate of drug-likeness (QED) is 0.569. The summed E-state index contributed by atoms with van der Waals surface area (Å²) >= 11 is 0. The summed E-state index contributed by atoms with van der Waals surface area (Å²) in [5.41, 5.74) is 3.29. The van der Waals surface area contributed by atoms with Crippen LogP contribution in [0.4, 0.5) is 11.4 Å². The van der Waals surface area contributed by atoms with E-state index < -0.39 is 0 Å². The van der Waals surface area contributed by atoms with Crippen LogP contribution in [0.5, 0.6) is 5.75 Å². The van der Waals surface area contributed by atoms with Crippen molar-refractivity contribution < 1.29 is 14.3 Å². The molecule has 0 spiro atoms. The molecule has 0 saturated carbocycles. The molecule has 5 nitrogen and oxygen atoms in total. The van der Waals surface area contributed by atoms with Crippen molar-refractivity contribution in [2.45, 2.75) is 13.5 Å². The predicted molar refractivity (Wildman–Crippen MR) is 116 cm³/mol. The van der Waals surface area contributed by atoms with E-state index in [1.807, 2.05) is 54.6 Å². The summed E-state index contributed by atoms with van der Waals surface area (Å²) in [5, 5.41) is 5.46. The van der Waals surface area contributed by atoms with Gasteiger partial charge in [0.2, 0.25) is 11.8 Å². The smallest absolute Gasteiger partial charge is 0.248 e. The summed E-state index contributed by atoms with van der Waals surface area (Å²) in [6.45, 7) is 1.94. The highest BCUT2D eigenvalue weighted by molar-refractivity contribution is 6.02. The van der Waals surface area contributed by atoms with Crippen molar-refractivity contribution in [3.05, 3.63) is 96.1 Å². The van der Waals surface area contributed by atoms with Crippen LogP contribution in [0.25, 0.3) is 6.08 Å². The average molecular weight is 386 g/mol. The lowest BCUT2D eigenvalue weighted by Gasteiger charge is -2.07. The molecule has 0 radical (unpaired) electrons. The zero-order valence-corrected chi connectivity index (χ0v) is 16.1. The molecule has 2 amide bonds. The summed E-state index contributed by atoms with van der Waals surface area (Å²) in [6, 6.07) is 24.4. The topological polar surface area (TPSA) is 67.4 Å². The van der Waals surface area contributed by atoms with Crippen molar-refractivity contribution in [2.24, 2.45) is 0 Å². The highest BCUT2D eigenvalue weighted by atomic mass is 16.5. The summed E-state index contributed by atoms with van der Waals surface area (Å²) in [5.74, 6) is 0.359. The predicted octanol–water partition coefficient (Wildman–Crippen LogP) is 4.88. The Balaban J connectivity index is 1.55. The summed E-state index contributed by atoms with van der Waals surface area (Å²) in [4.78, 5) is 23.2. The van der Waals surface area contributed by atoms with E-state index in [9.17, 15) is 9.59 Å². The van der Waals surface area contributed by atoms with Crippen molar-refractivity contribution in [3.8, 4) is 5.75 Å². The van der Waals surface area contributed by atoms with Crippen LogP contribution in [0, 0.1) is 0 Å². The Morgan fingerprint density at radius 3 is 2.24 bits per heavy atom. The van der Waals surface area contributed by atoms with Crippen LogP contribution >= 0.6 is 0 Å². The van der Waals surface area contributed by atoms with Crippen molar-refractivity contribution in [1.82, 2.24) is 0 Å². The number of nitrogens with one attached hydrogen (secondary N) is 2. The molecule has 146 valence electrons. The van der Waals surface area contributed by atoms with E-state index in [0.29, 0.717) is 18.0 Å². The molecule has 0 unspecified atom stereocenters. The molecule has 3 aromatic rings. The number of hydrogen-bond acceptors (Lipinski definition) is 3. The van der Waals surface area contributed by atoms with Gasteiger partial charge in [-0.05, 0) is 53.6 Å². The minimum absolute atomic E-state index is 0.139. The number of hydrogen-bond donors (Lipinski definition) is 2. The Morgan fingerprint density at radius 1 is 0.862 bits per heavy atom. The SMILES string of the molecule is CC(=O)Nc1ccc(NC(=O)/C=C/c2cccc(OCc3ccccc3)c2)cc1. The third-order valence-corrected chi connectivity index (χ3v) is 4.01. The van der Waals surface area contributed by atoms with Crippen molar-refractivity contribution in [2.75, 3.05) is 10.6 Å². The minimum atomic E-state index is -0.243. The Hall–Kier alpha value is -3.86. The average Bonchev–Trinajstić information content (AvgIpc) is 2.73. The normalized spacial score (nSPS) is 10.5. The van der Waals surface area contributed by atoms with Gasteiger partial charge in [-0.1, -0.05) is 42.5 Å². The first-order chi connectivity index (χ1) is 14.1. The molecule has 0 saturated heterocycles. The Kier molecular flexibility index (Phi) is 6.79. The lowest BCUT2D eigenvalue weighted by atomic mass is 10.2. The fraction of sp³-hybridized carbons (Fsp3) is 0.0833. The molecule has 0 aliphatic carbocycles. The second-order valence-corrected chi connectivity index (χ2v) is 6.43. The number of ether oxygens (including phenoxy) is 1. The van der Waals surface area contributed by atoms with Crippen molar-refractivity contribution in [3.63, 3.8) is 0 Å². The zero-order chi connectivity index (χ0) is 20.5. The number of amides is 2. The molecule has 0 aromatic heterocycles. The van der Waals surface area contributed by atoms with Gasteiger partial charge in [0.1, 0.15) is 12.4 Å². The molecule has 0 atom stereocenters. The van der Waals surface area contributed by atoms with Crippen LogP contribution in [-0.4, -0.2) is 11.8 Å². The van der Waals surface area contributed by atoms with Gasteiger partial charge in [-0.3, -0.25) is 9.59 Å². The van der Waals surface area contributed by atoms with Crippen molar-refractivity contribution >= 4 is 29.3 Å². The third kappa shape index (κ3) is 6.66. The molecule has 5 heteroatoms. The van der Waals surface area contributed by atoms with Gasteiger partial charge < -0.3 is 15.4 Å². The Morgan fingerprint density at radius 2 is 1.55 bits per heavy atom. The minimum Gasteiger partial charge on any atom is -0.489 e. The molecule has 0 aliphatic rings. The van der Waals surface area contributed by atoms with E-state index in [-0.39, 0.29) is 11.8 Å². The van der Waals surface area contributed by atoms with Gasteiger partial charge in [0.05, 0.1) is 0 Å².